The second kappa shape index (κ2) is 12.9. The number of carbonyl (C=O) groups excluding carboxylic acids is 1. The van der Waals surface area contributed by atoms with E-state index >= 15 is 4.39 Å². The van der Waals surface area contributed by atoms with Gasteiger partial charge in [-0.3, -0.25) is 9.69 Å². The number of likely N-dealkylation sites (tertiary alicyclic amines) is 1. The Balaban J connectivity index is 1.48. The van der Waals surface area contributed by atoms with Gasteiger partial charge in [-0.25, -0.2) is 19.7 Å². The van der Waals surface area contributed by atoms with Crippen LogP contribution < -0.4 is 9.64 Å². The second-order valence-electron chi connectivity index (χ2n) is 11.5. The number of anilines is 1. The lowest BCUT2D eigenvalue weighted by Gasteiger charge is -2.39. The van der Waals surface area contributed by atoms with Gasteiger partial charge in [0.25, 0.3) is 5.91 Å². The average Bonchev–Trinajstić information content (AvgIpc) is 3.36. The summed E-state index contributed by atoms with van der Waals surface area (Å²) in [6.45, 7) is 11.1. The minimum atomic E-state index is -1.12. The summed E-state index contributed by atoms with van der Waals surface area (Å²) in [4.78, 5) is 30.0. The van der Waals surface area contributed by atoms with E-state index in [-0.39, 0.29) is 85.1 Å². The first-order valence-corrected chi connectivity index (χ1v) is 15.4. The quantitative estimate of drug-likeness (QED) is 0.161. The number of aromatic nitrogens is 2. The third kappa shape index (κ3) is 5.93. The molecule has 1 aromatic heterocycles. The lowest BCUT2D eigenvalue weighted by atomic mass is 9.96. The van der Waals surface area contributed by atoms with Gasteiger partial charge in [0, 0.05) is 53.6 Å². The number of hydrogen-bond acceptors (Lipinski definition) is 6. The second-order valence-corrected chi connectivity index (χ2v) is 12.3. The molecule has 2 aliphatic rings. The van der Waals surface area contributed by atoms with Crippen molar-refractivity contribution in [3.05, 3.63) is 82.2 Å². The third-order valence-electron chi connectivity index (χ3n) is 8.58. The molecule has 2 aliphatic heterocycles. The number of nitrogens with zero attached hydrogens (tertiary/aromatic N) is 6. The number of halogens is 5. The number of hydrogen-bond donors (Lipinski definition) is 0. The average molecular weight is 670 g/mol. The van der Waals surface area contributed by atoms with Crippen LogP contribution in [0.2, 0.25) is 10.0 Å². The molecular formula is C33H29Cl2F3N6O2. The van der Waals surface area contributed by atoms with Gasteiger partial charge in [-0.15, -0.1) is 0 Å². The number of fused-ring (bicyclic) bond motifs is 2. The number of rotatable bonds is 7. The number of alkyl halides is 1. The Kier molecular flexibility index (Phi) is 8.97. The fourth-order valence-corrected chi connectivity index (χ4v) is 6.90. The van der Waals surface area contributed by atoms with Crippen LogP contribution in [-0.4, -0.2) is 90.3 Å². The molecule has 46 heavy (non-hydrogen) atoms. The van der Waals surface area contributed by atoms with Crippen LogP contribution in [0.4, 0.5) is 19.0 Å². The van der Waals surface area contributed by atoms with Gasteiger partial charge >= 0.3 is 6.01 Å². The zero-order valence-corrected chi connectivity index (χ0v) is 26.3. The summed E-state index contributed by atoms with van der Waals surface area (Å²) >= 11 is 13.4. The Morgan fingerprint density at radius 3 is 2.59 bits per heavy atom. The van der Waals surface area contributed by atoms with Crippen molar-refractivity contribution in [2.45, 2.75) is 24.7 Å². The van der Waals surface area contributed by atoms with Gasteiger partial charge in [-0.2, -0.15) is 9.97 Å². The molecule has 6 rings (SSSR count). The van der Waals surface area contributed by atoms with E-state index in [1.54, 1.807) is 42.3 Å². The van der Waals surface area contributed by atoms with E-state index in [2.05, 4.69) is 21.4 Å². The van der Waals surface area contributed by atoms with Crippen molar-refractivity contribution in [1.29, 1.82) is 0 Å². The maximum Gasteiger partial charge on any atom is 0.319 e. The van der Waals surface area contributed by atoms with E-state index in [0.29, 0.717) is 16.0 Å². The molecule has 0 bridgehead atoms. The van der Waals surface area contributed by atoms with Crippen LogP contribution >= 0.6 is 23.2 Å². The molecule has 4 aromatic rings. The molecule has 2 saturated heterocycles. The van der Waals surface area contributed by atoms with Crippen LogP contribution in [0.15, 0.2) is 54.9 Å². The highest BCUT2D eigenvalue weighted by Gasteiger charge is 2.36. The molecule has 0 saturated carbocycles. The standard InChI is InChI=1S/C33H29Cl2F3N6O2/c1-18(36)32(45)44-11-10-43(16-22(44)14-39-2)31-24-13-26(35)28(23-8-4-6-19-7-5-9-25(34)27(19)23)29(38)30(24)40-33(41-31)46-17-21-12-20(37)15-42(21)3/h4-9,13,20-22H,1,10-12,14-17H2,3H3/t20-,21+,22+/m1/s1. The first kappa shape index (κ1) is 31.9. The molecule has 0 unspecified atom stereocenters. The largest absolute Gasteiger partial charge is 0.462 e. The molecular weight excluding hydrogens is 640 g/mol. The summed E-state index contributed by atoms with van der Waals surface area (Å²) in [5.41, 5.74) is 0.512. The van der Waals surface area contributed by atoms with Crippen LogP contribution in [-0.2, 0) is 4.79 Å². The van der Waals surface area contributed by atoms with E-state index in [4.69, 9.17) is 34.5 Å². The molecule has 238 valence electrons. The maximum absolute atomic E-state index is 16.8. The maximum atomic E-state index is 16.8. The van der Waals surface area contributed by atoms with Crippen molar-refractivity contribution in [3.63, 3.8) is 0 Å². The molecule has 13 heteroatoms. The molecule has 0 N–H and O–H groups in total. The highest BCUT2D eigenvalue weighted by Crippen LogP contribution is 2.43. The third-order valence-corrected chi connectivity index (χ3v) is 9.20. The zero-order chi connectivity index (χ0) is 32.7. The van der Waals surface area contributed by atoms with Crippen LogP contribution in [0.3, 0.4) is 0 Å². The van der Waals surface area contributed by atoms with Crippen LogP contribution in [0.1, 0.15) is 6.42 Å². The predicted octanol–water partition coefficient (Wildman–Crippen LogP) is 6.74. The van der Waals surface area contributed by atoms with Gasteiger partial charge in [0.1, 0.15) is 30.2 Å². The number of ether oxygens (including phenoxy) is 1. The van der Waals surface area contributed by atoms with E-state index in [1.165, 1.54) is 4.90 Å². The summed E-state index contributed by atoms with van der Waals surface area (Å²) in [5.74, 6) is -2.45. The topological polar surface area (TPSA) is 66.2 Å². The van der Waals surface area contributed by atoms with Gasteiger partial charge in [-0.05, 0) is 36.6 Å². The van der Waals surface area contributed by atoms with Gasteiger partial charge in [0.15, 0.2) is 11.6 Å². The molecule has 1 amide bonds. The number of amides is 1. The first-order chi connectivity index (χ1) is 22.1. The SMILES string of the molecule is [C-]#[N+]C[C@H]1CN(c2nc(OC[C@@H]3C[C@@H](F)CN3C)nc3c(F)c(-c4cccc5cccc(Cl)c45)c(Cl)cc23)CCN1C(=O)C(=C)F. The molecule has 3 heterocycles. The van der Waals surface area contributed by atoms with Crippen LogP contribution in [0, 0.1) is 12.4 Å². The van der Waals surface area contributed by atoms with E-state index < -0.39 is 29.8 Å². The number of likely N-dealkylation sites (N-methyl/N-ethyl adjacent to an activating group) is 1. The van der Waals surface area contributed by atoms with Gasteiger partial charge in [-0.1, -0.05) is 60.1 Å². The fraction of sp³-hybridized carbons (Fsp3) is 0.333. The van der Waals surface area contributed by atoms with Crippen molar-refractivity contribution < 1.29 is 22.7 Å². The summed E-state index contributed by atoms with van der Waals surface area (Å²) in [6, 6.07) is 11.3. The predicted molar refractivity (Wildman–Crippen MR) is 173 cm³/mol. The molecule has 0 aliphatic carbocycles. The van der Waals surface area contributed by atoms with Crippen LogP contribution in [0.5, 0.6) is 6.01 Å². The summed E-state index contributed by atoms with van der Waals surface area (Å²) in [5, 5.41) is 2.23. The van der Waals surface area contributed by atoms with Gasteiger partial charge < -0.3 is 19.4 Å². The van der Waals surface area contributed by atoms with E-state index in [9.17, 15) is 13.6 Å². The highest BCUT2D eigenvalue weighted by molar-refractivity contribution is 6.38. The smallest absolute Gasteiger partial charge is 0.319 e. The van der Waals surface area contributed by atoms with E-state index in [0.717, 1.165) is 5.39 Å². The molecule has 8 nitrogen and oxygen atoms in total. The lowest BCUT2D eigenvalue weighted by molar-refractivity contribution is -0.131. The van der Waals surface area contributed by atoms with Crippen molar-refractivity contribution in [2.75, 3.05) is 51.3 Å². The van der Waals surface area contributed by atoms with E-state index in [1.807, 2.05) is 17.0 Å². The number of benzene rings is 3. The summed E-state index contributed by atoms with van der Waals surface area (Å²) in [6.07, 6.45) is -0.707. The highest BCUT2D eigenvalue weighted by atomic mass is 35.5. The number of piperazine rings is 1. The van der Waals surface area contributed by atoms with Crippen molar-refractivity contribution >= 4 is 56.6 Å². The monoisotopic (exact) mass is 668 g/mol. The molecule has 3 aromatic carbocycles. The zero-order valence-electron chi connectivity index (χ0n) is 24.8. The Morgan fingerprint density at radius 1 is 1.13 bits per heavy atom. The minimum absolute atomic E-state index is 0.0658. The molecule has 0 spiro atoms. The van der Waals surface area contributed by atoms with Gasteiger partial charge in [0.2, 0.25) is 6.54 Å². The minimum Gasteiger partial charge on any atom is -0.462 e. The Morgan fingerprint density at radius 2 is 1.89 bits per heavy atom. The Hall–Kier alpha value is -4.11. The molecule has 3 atom stereocenters. The lowest BCUT2D eigenvalue weighted by Crippen LogP contribution is -2.56. The summed E-state index contributed by atoms with van der Waals surface area (Å²) < 4.78 is 50.7. The fourth-order valence-electron chi connectivity index (χ4n) is 6.33. The Labute approximate surface area is 273 Å². The van der Waals surface area contributed by atoms with Gasteiger partial charge in [0.05, 0.1) is 5.02 Å². The first-order valence-electron chi connectivity index (χ1n) is 14.6. The van der Waals surface area contributed by atoms with Crippen LogP contribution in [0.25, 0.3) is 37.6 Å². The van der Waals surface area contributed by atoms with Crippen molar-refractivity contribution in [2.24, 2.45) is 0 Å². The Bertz CT molecular complexity index is 1900. The molecule has 0 radical (unpaired) electrons. The molecule has 2 fully saturated rings. The normalized spacial score (nSPS) is 20.3. The number of carbonyl (C=O) groups is 1. The summed E-state index contributed by atoms with van der Waals surface area (Å²) in [7, 11) is 1.80. The van der Waals surface area contributed by atoms with Crippen molar-refractivity contribution in [1.82, 2.24) is 19.8 Å². The van der Waals surface area contributed by atoms with Crippen molar-refractivity contribution in [3.8, 4) is 17.1 Å².